The molecular weight excluding hydrogens is 332 g/mol. The van der Waals surface area contributed by atoms with E-state index in [2.05, 4.69) is 10.4 Å². The van der Waals surface area contributed by atoms with Crippen molar-refractivity contribution < 1.29 is 14.7 Å². The van der Waals surface area contributed by atoms with Crippen LogP contribution in [0.4, 0.5) is 4.79 Å². The number of likely N-dealkylation sites (tertiary alicyclic amines) is 1. The second-order valence-corrected chi connectivity index (χ2v) is 6.76. The van der Waals surface area contributed by atoms with Gasteiger partial charge in [0.2, 0.25) is 0 Å². The standard InChI is InChI=1S/C19H24N4O3/c1-14-4-6-15(7-5-14)11-20-19(26)22-9-2-3-16(12-22)17-8-10-23(21-17)13-18(24)25/h4-8,10,16H,2-3,9,11-13H2,1H3,(H,20,26)(H,24,25)/t16-/m0/s1. The molecule has 1 atom stereocenters. The van der Waals surface area contributed by atoms with Crippen molar-refractivity contribution >= 4 is 12.0 Å². The van der Waals surface area contributed by atoms with Crippen LogP contribution < -0.4 is 5.32 Å². The number of benzene rings is 1. The zero-order valence-corrected chi connectivity index (χ0v) is 14.9. The number of nitrogens with one attached hydrogen (secondary N) is 1. The molecule has 0 spiro atoms. The molecule has 1 aliphatic heterocycles. The molecule has 0 bridgehead atoms. The van der Waals surface area contributed by atoms with Gasteiger partial charge in [0.05, 0.1) is 5.69 Å². The van der Waals surface area contributed by atoms with Gasteiger partial charge in [0.15, 0.2) is 0 Å². The van der Waals surface area contributed by atoms with Crippen LogP contribution in [0.15, 0.2) is 36.5 Å². The monoisotopic (exact) mass is 356 g/mol. The number of carboxylic acid groups (broad SMARTS) is 1. The van der Waals surface area contributed by atoms with Crippen LogP contribution in [0.2, 0.25) is 0 Å². The average Bonchev–Trinajstić information content (AvgIpc) is 3.09. The van der Waals surface area contributed by atoms with E-state index in [1.165, 1.54) is 10.2 Å². The molecule has 7 heteroatoms. The predicted molar refractivity (Wildman–Crippen MR) is 96.8 cm³/mol. The quantitative estimate of drug-likeness (QED) is 0.861. The number of nitrogens with zero attached hydrogens (tertiary/aromatic N) is 3. The van der Waals surface area contributed by atoms with E-state index in [1.807, 2.05) is 42.2 Å². The lowest BCUT2D eigenvalue weighted by atomic mass is 9.95. The molecule has 0 aliphatic carbocycles. The van der Waals surface area contributed by atoms with Crippen LogP contribution >= 0.6 is 0 Å². The van der Waals surface area contributed by atoms with E-state index < -0.39 is 5.97 Å². The summed E-state index contributed by atoms with van der Waals surface area (Å²) in [5.41, 5.74) is 3.12. The van der Waals surface area contributed by atoms with E-state index in [0.717, 1.165) is 30.6 Å². The molecule has 2 N–H and O–H groups in total. The number of piperidine rings is 1. The van der Waals surface area contributed by atoms with Gasteiger partial charge in [-0.2, -0.15) is 5.10 Å². The zero-order chi connectivity index (χ0) is 18.5. The number of carbonyl (C=O) groups excluding carboxylic acids is 1. The number of carbonyl (C=O) groups is 2. The minimum absolute atomic E-state index is 0.0692. The molecule has 7 nitrogen and oxygen atoms in total. The van der Waals surface area contributed by atoms with Crippen LogP contribution in [-0.2, 0) is 17.9 Å². The molecule has 1 aliphatic rings. The maximum atomic E-state index is 12.5. The van der Waals surface area contributed by atoms with Crippen molar-refractivity contribution in [2.75, 3.05) is 13.1 Å². The summed E-state index contributed by atoms with van der Waals surface area (Å²) in [5, 5.41) is 16.2. The predicted octanol–water partition coefficient (Wildman–Crippen LogP) is 2.37. The van der Waals surface area contributed by atoms with Gasteiger partial charge in [-0.3, -0.25) is 9.48 Å². The number of aryl methyl sites for hydroxylation is 1. The number of amides is 2. The van der Waals surface area contributed by atoms with Gasteiger partial charge in [-0.05, 0) is 31.4 Å². The summed E-state index contributed by atoms with van der Waals surface area (Å²) in [6, 6.07) is 9.88. The van der Waals surface area contributed by atoms with Crippen molar-refractivity contribution in [1.82, 2.24) is 20.0 Å². The Hall–Kier alpha value is -2.83. The normalized spacial score (nSPS) is 17.1. The summed E-state index contributed by atoms with van der Waals surface area (Å²) < 4.78 is 1.42. The fraction of sp³-hybridized carbons (Fsp3) is 0.421. The number of aliphatic carboxylic acids is 1. The highest BCUT2D eigenvalue weighted by Gasteiger charge is 2.26. The molecule has 1 aromatic heterocycles. The number of rotatable bonds is 5. The topological polar surface area (TPSA) is 87.5 Å². The number of aromatic nitrogens is 2. The Kier molecular flexibility index (Phi) is 5.55. The van der Waals surface area contributed by atoms with Gasteiger partial charge in [0, 0.05) is 31.7 Å². The van der Waals surface area contributed by atoms with E-state index in [0.29, 0.717) is 13.1 Å². The van der Waals surface area contributed by atoms with Crippen LogP contribution in [0.3, 0.4) is 0 Å². The van der Waals surface area contributed by atoms with Crippen LogP contribution in [0.1, 0.15) is 35.6 Å². The van der Waals surface area contributed by atoms with Crippen LogP contribution in [0.5, 0.6) is 0 Å². The lowest BCUT2D eigenvalue weighted by Crippen LogP contribution is -2.44. The van der Waals surface area contributed by atoms with E-state index >= 15 is 0 Å². The molecule has 0 unspecified atom stereocenters. The molecule has 3 rings (SSSR count). The van der Waals surface area contributed by atoms with Gasteiger partial charge >= 0.3 is 12.0 Å². The molecule has 1 saturated heterocycles. The number of urea groups is 1. The lowest BCUT2D eigenvalue weighted by Gasteiger charge is -2.32. The minimum atomic E-state index is -0.916. The Morgan fingerprint density at radius 2 is 2.04 bits per heavy atom. The molecule has 1 fully saturated rings. The van der Waals surface area contributed by atoms with E-state index in [1.54, 1.807) is 6.20 Å². The van der Waals surface area contributed by atoms with Gasteiger partial charge in [-0.25, -0.2) is 4.79 Å². The first kappa shape index (κ1) is 18.0. The van der Waals surface area contributed by atoms with Gasteiger partial charge < -0.3 is 15.3 Å². The second-order valence-electron chi connectivity index (χ2n) is 6.76. The minimum Gasteiger partial charge on any atom is -0.480 e. The highest BCUT2D eigenvalue weighted by atomic mass is 16.4. The molecule has 138 valence electrons. The SMILES string of the molecule is Cc1ccc(CNC(=O)N2CCC[C@H](c3ccn(CC(=O)O)n3)C2)cc1. The molecule has 26 heavy (non-hydrogen) atoms. The molecule has 0 saturated carbocycles. The summed E-state index contributed by atoms with van der Waals surface area (Å²) in [5.74, 6) is -0.774. The fourth-order valence-electron chi connectivity index (χ4n) is 3.22. The van der Waals surface area contributed by atoms with E-state index in [9.17, 15) is 9.59 Å². The Bertz CT molecular complexity index is 769. The third-order valence-corrected chi connectivity index (χ3v) is 4.65. The van der Waals surface area contributed by atoms with E-state index in [4.69, 9.17) is 5.11 Å². The molecular formula is C19H24N4O3. The van der Waals surface area contributed by atoms with Gasteiger partial charge in [0.1, 0.15) is 6.54 Å². The number of carboxylic acids is 1. The van der Waals surface area contributed by atoms with Crippen molar-refractivity contribution in [1.29, 1.82) is 0 Å². The van der Waals surface area contributed by atoms with Crippen molar-refractivity contribution in [3.8, 4) is 0 Å². The molecule has 2 aromatic rings. The number of hydrogen-bond acceptors (Lipinski definition) is 3. The third kappa shape index (κ3) is 4.62. The molecule has 1 aromatic carbocycles. The Morgan fingerprint density at radius 1 is 1.27 bits per heavy atom. The third-order valence-electron chi connectivity index (χ3n) is 4.65. The van der Waals surface area contributed by atoms with E-state index in [-0.39, 0.29) is 18.5 Å². The van der Waals surface area contributed by atoms with Crippen LogP contribution in [0.25, 0.3) is 0 Å². The van der Waals surface area contributed by atoms with Gasteiger partial charge in [-0.1, -0.05) is 29.8 Å². The maximum absolute atomic E-state index is 12.5. The summed E-state index contributed by atoms with van der Waals surface area (Å²) in [6.07, 6.45) is 3.54. The summed E-state index contributed by atoms with van der Waals surface area (Å²) in [7, 11) is 0. The van der Waals surface area contributed by atoms with Crippen LogP contribution in [-0.4, -0.2) is 44.9 Å². The smallest absolute Gasteiger partial charge is 0.325 e. The molecule has 0 radical (unpaired) electrons. The van der Waals surface area contributed by atoms with Gasteiger partial charge in [0.25, 0.3) is 0 Å². The average molecular weight is 356 g/mol. The lowest BCUT2D eigenvalue weighted by molar-refractivity contribution is -0.137. The van der Waals surface area contributed by atoms with Crippen molar-refractivity contribution in [2.45, 2.75) is 38.8 Å². The van der Waals surface area contributed by atoms with Crippen molar-refractivity contribution in [3.05, 3.63) is 53.3 Å². The largest absolute Gasteiger partial charge is 0.480 e. The summed E-state index contributed by atoms with van der Waals surface area (Å²) in [4.78, 5) is 25.1. The highest BCUT2D eigenvalue weighted by Crippen LogP contribution is 2.25. The highest BCUT2D eigenvalue weighted by molar-refractivity contribution is 5.74. The first-order valence-corrected chi connectivity index (χ1v) is 8.85. The first-order valence-electron chi connectivity index (χ1n) is 8.85. The maximum Gasteiger partial charge on any atom is 0.325 e. The number of hydrogen-bond donors (Lipinski definition) is 2. The Labute approximate surface area is 152 Å². The van der Waals surface area contributed by atoms with Crippen LogP contribution in [0, 0.1) is 6.92 Å². The molecule has 2 amide bonds. The first-order chi connectivity index (χ1) is 12.5. The van der Waals surface area contributed by atoms with Crippen molar-refractivity contribution in [2.24, 2.45) is 0 Å². The van der Waals surface area contributed by atoms with Crippen molar-refractivity contribution in [3.63, 3.8) is 0 Å². The zero-order valence-electron chi connectivity index (χ0n) is 14.9. The fourth-order valence-corrected chi connectivity index (χ4v) is 3.22. The second kappa shape index (κ2) is 8.03. The molecule has 2 heterocycles. The Balaban J connectivity index is 1.55. The summed E-state index contributed by atoms with van der Waals surface area (Å²) >= 11 is 0. The summed E-state index contributed by atoms with van der Waals surface area (Å²) in [6.45, 7) is 3.73. The van der Waals surface area contributed by atoms with Gasteiger partial charge in [-0.15, -0.1) is 0 Å². The Morgan fingerprint density at radius 3 is 2.77 bits per heavy atom.